The van der Waals surface area contributed by atoms with Crippen molar-refractivity contribution in [2.24, 2.45) is 5.73 Å². The first-order valence-electron chi connectivity index (χ1n) is 8.34. The van der Waals surface area contributed by atoms with Gasteiger partial charge in [0.05, 0.1) is 9.58 Å². The van der Waals surface area contributed by atoms with Crippen LogP contribution >= 0.6 is 22.7 Å². The highest BCUT2D eigenvalue weighted by atomic mass is 32.1. The third kappa shape index (κ3) is 3.86. The van der Waals surface area contributed by atoms with E-state index in [1.54, 1.807) is 35.6 Å². The summed E-state index contributed by atoms with van der Waals surface area (Å²) in [5, 5.41) is 3.89. The van der Waals surface area contributed by atoms with Crippen LogP contribution in [0, 0.1) is 0 Å². The standard InChI is InChI=1S/C18H20N4O2S2/c1-3-22(4-2)18-21-17-14(26-18)9-13(25-17)16(24)20-10-11-5-7-12(8-6-11)15(19)23/h5-9H,3-4,10H2,1-2H3,(H2,19,23)(H,20,24). The predicted molar refractivity (Wildman–Crippen MR) is 107 cm³/mol. The van der Waals surface area contributed by atoms with E-state index in [1.165, 1.54) is 11.3 Å². The molecule has 26 heavy (non-hydrogen) atoms. The van der Waals surface area contributed by atoms with E-state index in [-0.39, 0.29) is 5.91 Å². The van der Waals surface area contributed by atoms with Gasteiger partial charge in [-0.25, -0.2) is 4.98 Å². The van der Waals surface area contributed by atoms with Gasteiger partial charge in [-0.15, -0.1) is 11.3 Å². The van der Waals surface area contributed by atoms with Gasteiger partial charge in [0.1, 0.15) is 4.83 Å². The number of nitrogens with zero attached hydrogens (tertiary/aromatic N) is 2. The van der Waals surface area contributed by atoms with Gasteiger partial charge in [-0.1, -0.05) is 23.5 Å². The second-order valence-electron chi connectivity index (χ2n) is 5.69. The van der Waals surface area contributed by atoms with Gasteiger partial charge in [-0.3, -0.25) is 9.59 Å². The number of nitrogens with one attached hydrogen (secondary N) is 1. The zero-order valence-corrected chi connectivity index (χ0v) is 16.2. The highest BCUT2D eigenvalue weighted by Gasteiger charge is 2.15. The maximum atomic E-state index is 12.4. The Kier molecular flexibility index (Phi) is 5.53. The van der Waals surface area contributed by atoms with Gasteiger partial charge in [0.2, 0.25) is 5.91 Å². The van der Waals surface area contributed by atoms with Gasteiger partial charge >= 0.3 is 0 Å². The summed E-state index contributed by atoms with van der Waals surface area (Å²) < 4.78 is 1.04. The first-order valence-corrected chi connectivity index (χ1v) is 9.97. The molecule has 2 aromatic heterocycles. The van der Waals surface area contributed by atoms with Crippen LogP contribution in [0.15, 0.2) is 30.3 Å². The molecule has 136 valence electrons. The van der Waals surface area contributed by atoms with Crippen LogP contribution in [0.4, 0.5) is 5.13 Å². The highest BCUT2D eigenvalue weighted by molar-refractivity contribution is 7.29. The van der Waals surface area contributed by atoms with Crippen molar-refractivity contribution in [2.45, 2.75) is 20.4 Å². The number of thiazole rings is 1. The van der Waals surface area contributed by atoms with Crippen LogP contribution < -0.4 is 16.0 Å². The minimum Gasteiger partial charge on any atom is -0.366 e. The molecule has 0 aliphatic rings. The predicted octanol–water partition coefficient (Wildman–Crippen LogP) is 3.23. The van der Waals surface area contributed by atoms with Crippen LogP contribution in [0.25, 0.3) is 9.53 Å². The Morgan fingerprint density at radius 2 is 1.85 bits per heavy atom. The number of nitrogens with two attached hydrogens (primary N) is 1. The lowest BCUT2D eigenvalue weighted by Crippen LogP contribution is -2.22. The number of benzene rings is 1. The van der Waals surface area contributed by atoms with E-state index in [1.807, 2.05) is 6.07 Å². The van der Waals surface area contributed by atoms with Crippen LogP contribution in [0.2, 0.25) is 0 Å². The molecule has 2 amide bonds. The number of fused-ring (bicyclic) bond motifs is 1. The Morgan fingerprint density at radius 3 is 2.42 bits per heavy atom. The van der Waals surface area contributed by atoms with Crippen molar-refractivity contribution >= 4 is 49.1 Å². The maximum Gasteiger partial charge on any atom is 0.261 e. The average Bonchev–Trinajstić information content (AvgIpc) is 3.20. The summed E-state index contributed by atoms with van der Waals surface area (Å²) in [6.07, 6.45) is 0. The number of carbonyl (C=O) groups is 2. The molecule has 0 bridgehead atoms. The van der Waals surface area contributed by atoms with E-state index in [0.29, 0.717) is 17.0 Å². The van der Waals surface area contributed by atoms with Crippen LogP contribution in [-0.4, -0.2) is 29.9 Å². The molecule has 0 unspecified atom stereocenters. The first kappa shape index (κ1) is 18.3. The summed E-state index contributed by atoms with van der Waals surface area (Å²) in [6.45, 7) is 6.43. The molecule has 6 nitrogen and oxygen atoms in total. The lowest BCUT2D eigenvalue weighted by atomic mass is 10.1. The largest absolute Gasteiger partial charge is 0.366 e. The Morgan fingerprint density at radius 1 is 1.15 bits per heavy atom. The Labute approximate surface area is 159 Å². The van der Waals surface area contributed by atoms with E-state index in [2.05, 4.69) is 29.0 Å². The van der Waals surface area contributed by atoms with Crippen molar-refractivity contribution in [2.75, 3.05) is 18.0 Å². The van der Waals surface area contributed by atoms with Gasteiger partial charge in [0, 0.05) is 25.2 Å². The fourth-order valence-electron chi connectivity index (χ4n) is 2.52. The van der Waals surface area contributed by atoms with Crippen LogP contribution in [-0.2, 0) is 6.54 Å². The number of thiophene rings is 1. The van der Waals surface area contributed by atoms with E-state index in [0.717, 1.165) is 33.3 Å². The number of hydrogen-bond acceptors (Lipinski definition) is 6. The van der Waals surface area contributed by atoms with Gasteiger partial charge in [0.25, 0.3) is 5.91 Å². The minimum absolute atomic E-state index is 0.122. The molecule has 3 N–H and O–H groups in total. The Balaban J connectivity index is 1.66. The van der Waals surface area contributed by atoms with E-state index >= 15 is 0 Å². The molecular weight excluding hydrogens is 368 g/mol. The van der Waals surface area contributed by atoms with E-state index < -0.39 is 5.91 Å². The quantitative estimate of drug-likeness (QED) is 0.650. The van der Waals surface area contributed by atoms with E-state index in [4.69, 9.17) is 5.73 Å². The zero-order valence-electron chi connectivity index (χ0n) is 14.6. The van der Waals surface area contributed by atoms with E-state index in [9.17, 15) is 9.59 Å². The van der Waals surface area contributed by atoms with Crippen molar-refractivity contribution in [1.82, 2.24) is 10.3 Å². The fraction of sp³-hybridized carbons (Fsp3) is 0.278. The van der Waals surface area contributed by atoms with Crippen molar-refractivity contribution in [3.8, 4) is 0 Å². The molecule has 0 saturated carbocycles. The molecule has 0 aliphatic heterocycles. The third-order valence-electron chi connectivity index (χ3n) is 4.03. The lowest BCUT2D eigenvalue weighted by molar-refractivity contribution is 0.0953. The summed E-state index contributed by atoms with van der Waals surface area (Å²) in [6, 6.07) is 8.78. The van der Waals surface area contributed by atoms with Crippen molar-refractivity contribution < 1.29 is 9.59 Å². The summed E-state index contributed by atoms with van der Waals surface area (Å²) >= 11 is 3.02. The summed E-state index contributed by atoms with van der Waals surface area (Å²) in [5.41, 5.74) is 6.58. The molecule has 2 heterocycles. The molecule has 8 heteroatoms. The normalized spacial score (nSPS) is 10.8. The minimum atomic E-state index is -0.462. The smallest absolute Gasteiger partial charge is 0.261 e. The summed E-state index contributed by atoms with van der Waals surface area (Å²) in [5.74, 6) is -0.584. The van der Waals surface area contributed by atoms with Crippen LogP contribution in [0.5, 0.6) is 0 Å². The van der Waals surface area contributed by atoms with Gasteiger partial charge in [-0.05, 0) is 37.6 Å². The molecule has 0 atom stereocenters. The van der Waals surface area contributed by atoms with Crippen molar-refractivity contribution in [1.29, 1.82) is 0 Å². The second kappa shape index (κ2) is 7.84. The maximum absolute atomic E-state index is 12.4. The van der Waals surface area contributed by atoms with Crippen molar-refractivity contribution in [3.63, 3.8) is 0 Å². The fourth-order valence-corrected chi connectivity index (χ4v) is 4.78. The molecule has 0 fully saturated rings. The van der Waals surface area contributed by atoms with Gasteiger partial charge < -0.3 is 16.0 Å². The Bertz CT molecular complexity index is 895. The monoisotopic (exact) mass is 388 g/mol. The van der Waals surface area contributed by atoms with Crippen LogP contribution in [0.3, 0.4) is 0 Å². The molecular formula is C18H20N4O2S2. The number of anilines is 1. The molecule has 0 saturated heterocycles. The lowest BCUT2D eigenvalue weighted by Gasteiger charge is -2.16. The molecule has 0 spiro atoms. The number of primary amides is 1. The summed E-state index contributed by atoms with van der Waals surface area (Å²) in [4.78, 5) is 31.8. The molecule has 0 aliphatic carbocycles. The number of hydrogen-bond donors (Lipinski definition) is 2. The Hall–Kier alpha value is -2.45. The van der Waals surface area contributed by atoms with Gasteiger partial charge in [0.15, 0.2) is 5.13 Å². The summed E-state index contributed by atoms with van der Waals surface area (Å²) in [7, 11) is 0. The molecule has 1 aromatic carbocycles. The number of carbonyl (C=O) groups excluding carboxylic acids is 2. The molecule has 0 radical (unpaired) electrons. The topological polar surface area (TPSA) is 88.3 Å². The van der Waals surface area contributed by atoms with Gasteiger partial charge in [-0.2, -0.15) is 0 Å². The van der Waals surface area contributed by atoms with Crippen LogP contribution in [0.1, 0.15) is 39.4 Å². The SMILES string of the molecule is CCN(CC)c1nc2sc(C(=O)NCc3ccc(C(N)=O)cc3)cc2s1. The average molecular weight is 389 g/mol. The third-order valence-corrected chi connectivity index (χ3v) is 6.25. The number of aromatic nitrogens is 1. The number of rotatable bonds is 7. The molecule has 3 rings (SSSR count). The first-order chi connectivity index (χ1) is 12.5. The zero-order chi connectivity index (χ0) is 18.7. The highest BCUT2D eigenvalue weighted by Crippen LogP contribution is 2.34. The number of amides is 2. The second-order valence-corrected chi connectivity index (χ2v) is 7.73. The molecule has 3 aromatic rings. The van der Waals surface area contributed by atoms with Crippen molar-refractivity contribution in [3.05, 3.63) is 46.3 Å².